The molecule has 2 heterocycles. The Kier molecular flexibility index (Phi) is 5.41. The number of nitrogens with one attached hydrogen (secondary N) is 1. The van der Waals surface area contributed by atoms with Crippen LogP contribution in [-0.2, 0) is 9.59 Å². The van der Waals surface area contributed by atoms with E-state index in [4.69, 9.17) is 28.2 Å². The lowest BCUT2D eigenvalue weighted by Crippen LogP contribution is -2.54. The number of anilines is 1. The lowest BCUT2D eigenvalue weighted by atomic mass is 10.1. The van der Waals surface area contributed by atoms with Crippen molar-refractivity contribution in [3.8, 4) is 11.3 Å². The standard InChI is InChI=1S/C22H13ClN2O5S/c23-12-5-7-13(8-6-12)25-20(27)17(19(26)24-22(25)31)11-14-9-10-18(30-14)15-3-1-2-4-16(15)21(28)29/h1-11H,(H,28,29)(H,24,26,31)/b17-11-. The number of carbonyl (C=O) groups excluding carboxylic acids is 2. The fourth-order valence-electron chi connectivity index (χ4n) is 3.08. The maximum absolute atomic E-state index is 13.0. The number of hydrogen-bond donors (Lipinski definition) is 2. The molecule has 0 radical (unpaired) electrons. The van der Waals surface area contributed by atoms with Gasteiger partial charge in [0.1, 0.15) is 17.1 Å². The van der Waals surface area contributed by atoms with Crippen LogP contribution in [0.1, 0.15) is 16.1 Å². The number of rotatable bonds is 4. The van der Waals surface area contributed by atoms with E-state index < -0.39 is 17.8 Å². The number of nitrogens with zero attached hydrogens (tertiary/aromatic N) is 1. The average Bonchev–Trinajstić information content (AvgIpc) is 3.21. The maximum atomic E-state index is 13.0. The Labute approximate surface area is 186 Å². The molecule has 0 bridgehead atoms. The van der Waals surface area contributed by atoms with Gasteiger partial charge in [-0.15, -0.1) is 0 Å². The maximum Gasteiger partial charge on any atom is 0.336 e. The molecule has 7 nitrogen and oxygen atoms in total. The van der Waals surface area contributed by atoms with Crippen molar-refractivity contribution >= 4 is 58.5 Å². The van der Waals surface area contributed by atoms with E-state index in [1.807, 2.05) is 0 Å². The van der Waals surface area contributed by atoms with E-state index >= 15 is 0 Å². The molecule has 3 aromatic rings. The number of hydrogen-bond acceptors (Lipinski definition) is 5. The number of furan rings is 1. The van der Waals surface area contributed by atoms with Crippen molar-refractivity contribution in [2.75, 3.05) is 4.90 Å². The third-order valence-electron chi connectivity index (χ3n) is 4.52. The summed E-state index contributed by atoms with van der Waals surface area (Å²) in [5, 5.41) is 12.3. The number of carbonyl (C=O) groups is 3. The smallest absolute Gasteiger partial charge is 0.336 e. The van der Waals surface area contributed by atoms with Gasteiger partial charge in [0.05, 0.1) is 11.3 Å². The van der Waals surface area contributed by atoms with Gasteiger partial charge in [0.2, 0.25) is 0 Å². The van der Waals surface area contributed by atoms with Gasteiger partial charge in [0.15, 0.2) is 5.11 Å². The van der Waals surface area contributed by atoms with Crippen LogP contribution < -0.4 is 10.2 Å². The Morgan fingerprint density at radius 1 is 1.06 bits per heavy atom. The Morgan fingerprint density at radius 3 is 2.48 bits per heavy atom. The Bertz CT molecular complexity index is 1260. The van der Waals surface area contributed by atoms with Crippen molar-refractivity contribution in [1.82, 2.24) is 5.32 Å². The van der Waals surface area contributed by atoms with Crippen molar-refractivity contribution in [1.29, 1.82) is 0 Å². The van der Waals surface area contributed by atoms with Crippen LogP contribution in [0.4, 0.5) is 5.69 Å². The molecule has 1 aromatic heterocycles. The highest BCUT2D eigenvalue weighted by molar-refractivity contribution is 7.80. The largest absolute Gasteiger partial charge is 0.478 e. The number of carboxylic acid groups (broad SMARTS) is 1. The number of amides is 2. The topological polar surface area (TPSA) is 99.9 Å². The van der Waals surface area contributed by atoms with Crippen molar-refractivity contribution in [3.05, 3.63) is 82.6 Å². The molecule has 0 spiro atoms. The second kappa shape index (κ2) is 8.17. The zero-order valence-corrected chi connectivity index (χ0v) is 17.2. The summed E-state index contributed by atoms with van der Waals surface area (Å²) in [7, 11) is 0. The highest BCUT2D eigenvalue weighted by Gasteiger charge is 2.34. The monoisotopic (exact) mass is 452 g/mol. The molecule has 2 aromatic carbocycles. The summed E-state index contributed by atoms with van der Waals surface area (Å²) in [6.45, 7) is 0. The van der Waals surface area contributed by atoms with Gasteiger partial charge in [-0.1, -0.05) is 29.8 Å². The summed E-state index contributed by atoms with van der Waals surface area (Å²) in [6, 6.07) is 15.9. The summed E-state index contributed by atoms with van der Waals surface area (Å²) >= 11 is 11.1. The van der Waals surface area contributed by atoms with Gasteiger partial charge in [-0.25, -0.2) is 4.79 Å². The minimum Gasteiger partial charge on any atom is -0.478 e. The summed E-state index contributed by atoms with van der Waals surface area (Å²) in [5.41, 5.74) is 0.710. The Hall–Kier alpha value is -3.75. The molecule has 2 N–H and O–H groups in total. The first-order valence-corrected chi connectivity index (χ1v) is 9.73. The lowest BCUT2D eigenvalue weighted by Gasteiger charge is -2.28. The van der Waals surface area contributed by atoms with Crippen molar-refractivity contribution in [2.24, 2.45) is 0 Å². The van der Waals surface area contributed by atoms with Gasteiger partial charge in [0.25, 0.3) is 11.8 Å². The molecule has 1 aliphatic heterocycles. The summed E-state index contributed by atoms with van der Waals surface area (Å²) in [6.07, 6.45) is 1.29. The van der Waals surface area contributed by atoms with Gasteiger partial charge < -0.3 is 9.52 Å². The van der Waals surface area contributed by atoms with Crippen LogP contribution in [-0.4, -0.2) is 28.0 Å². The number of benzene rings is 2. The van der Waals surface area contributed by atoms with Crippen molar-refractivity contribution < 1.29 is 23.9 Å². The van der Waals surface area contributed by atoms with Gasteiger partial charge >= 0.3 is 5.97 Å². The molecule has 0 saturated carbocycles. The molecular formula is C22H13ClN2O5S. The van der Waals surface area contributed by atoms with Crippen LogP contribution in [0, 0.1) is 0 Å². The van der Waals surface area contributed by atoms with Gasteiger partial charge in [-0.05, 0) is 60.8 Å². The average molecular weight is 453 g/mol. The second-order valence-corrected chi connectivity index (χ2v) is 7.31. The predicted octanol–water partition coefficient (Wildman–Crippen LogP) is 4.13. The van der Waals surface area contributed by atoms with Crippen LogP contribution in [0.25, 0.3) is 17.4 Å². The zero-order chi connectivity index (χ0) is 22.1. The minimum atomic E-state index is -1.10. The first kappa shape index (κ1) is 20.5. The molecule has 0 atom stereocenters. The third-order valence-corrected chi connectivity index (χ3v) is 5.06. The molecule has 0 unspecified atom stereocenters. The zero-order valence-electron chi connectivity index (χ0n) is 15.7. The van der Waals surface area contributed by atoms with Crippen molar-refractivity contribution in [2.45, 2.75) is 0 Å². The summed E-state index contributed by atoms with van der Waals surface area (Å²) in [5.74, 6) is -1.89. The Balaban J connectivity index is 1.69. The van der Waals surface area contributed by atoms with E-state index in [-0.39, 0.29) is 22.0 Å². The number of thiocarbonyl (C=S) groups is 1. The molecule has 0 aliphatic carbocycles. The molecule has 154 valence electrons. The first-order valence-electron chi connectivity index (χ1n) is 8.94. The fourth-order valence-corrected chi connectivity index (χ4v) is 3.49. The van der Waals surface area contributed by atoms with Crippen LogP contribution >= 0.6 is 23.8 Å². The second-order valence-electron chi connectivity index (χ2n) is 6.49. The van der Waals surface area contributed by atoms with Crippen molar-refractivity contribution in [3.63, 3.8) is 0 Å². The summed E-state index contributed by atoms with van der Waals surface area (Å²) < 4.78 is 5.70. The number of aromatic carboxylic acids is 1. The molecule has 2 amide bonds. The summed E-state index contributed by atoms with van der Waals surface area (Å²) in [4.78, 5) is 38.1. The minimum absolute atomic E-state index is 0.0509. The quantitative estimate of drug-likeness (QED) is 0.351. The normalized spacial score (nSPS) is 15.3. The van der Waals surface area contributed by atoms with Crippen LogP contribution in [0.3, 0.4) is 0 Å². The first-order chi connectivity index (χ1) is 14.8. The molecule has 31 heavy (non-hydrogen) atoms. The van der Waals surface area contributed by atoms with Crippen LogP contribution in [0.15, 0.2) is 70.7 Å². The number of halogens is 1. The Morgan fingerprint density at radius 2 is 1.77 bits per heavy atom. The van der Waals surface area contributed by atoms with Gasteiger partial charge in [-0.3, -0.25) is 19.8 Å². The predicted molar refractivity (Wildman–Crippen MR) is 119 cm³/mol. The van der Waals surface area contributed by atoms with E-state index in [1.54, 1.807) is 54.6 Å². The molecule has 1 fully saturated rings. The molecule has 9 heteroatoms. The highest BCUT2D eigenvalue weighted by atomic mass is 35.5. The van der Waals surface area contributed by atoms with Gasteiger partial charge in [-0.2, -0.15) is 0 Å². The van der Waals surface area contributed by atoms with E-state index in [2.05, 4.69) is 5.32 Å². The van der Waals surface area contributed by atoms with E-state index in [9.17, 15) is 19.5 Å². The van der Waals surface area contributed by atoms with Crippen LogP contribution in [0.5, 0.6) is 0 Å². The van der Waals surface area contributed by atoms with E-state index in [1.165, 1.54) is 17.0 Å². The fraction of sp³-hybridized carbons (Fsp3) is 0. The third kappa shape index (κ3) is 3.98. The van der Waals surface area contributed by atoms with E-state index in [0.717, 1.165) is 0 Å². The lowest BCUT2D eigenvalue weighted by molar-refractivity contribution is -0.122. The SMILES string of the molecule is O=C1NC(=S)N(c2ccc(Cl)cc2)C(=O)/C1=C\c1ccc(-c2ccccc2C(=O)O)o1. The molecule has 1 aliphatic rings. The van der Waals surface area contributed by atoms with E-state index in [0.29, 0.717) is 22.0 Å². The number of carboxylic acids is 1. The van der Waals surface area contributed by atoms with Gasteiger partial charge in [0, 0.05) is 10.6 Å². The molecule has 4 rings (SSSR count). The molecular weight excluding hydrogens is 440 g/mol. The highest BCUT2D eigenvalue weighted by Crippen LogP contribution is 2.28. The molecule has 1 saturated heterocycles. The van der Waals surface area contributed by atoms with Crippen LogP contribution in [0.2, 0.25) is 5.02 Å².